The number of benzene rings is 3. The number of carbonyl (C=O) groups is 1. The smallest absolute Gasteiger partial charge is 0.249 e. The molecule has 1 amide bonds. The molecule has 0 aliphatic heterocycles. The van der Waals surface area contributed by atoms with Crippen LogP contribution < -0.4 is 15.4 Å². The number of carbonyl (C=O) groups excluding carboxylic acids is 1. The number of nitrogens with zero attached hydrogens (tertiary/aromatic N) is 1. The third-order valence-electron chi connectivity index (χ3n) is 5.09. The van der Waals surface area contributed by atoms with Crippen LogP contribution in [0.25, 0.3) is 11.1 Å². The van der Waals surface area contributed by atoms with Crippen LogP contribution in [0.1, 0.15) is 47.6 Å². The van der Waals surface area contributed by atoms with Crippen molar-refractivity contribution in [2.24, 2.45) is 0 Å². The maximum Gasteiger partial charge on any atom is 0.249 e. The minimum atomic E-state index is -3.73. The van der Waals surface area contributed by atoms with Gasteiger partial charge in [-0.3, -0.25) is 4.79 Å². The minimum absolute atomic E-state index is 0. The van der Waals surface area contributed by atoms with E-state index in [-0.39, 0.29) is 18.2 Å². The number of hydrogen-bond donors (Lipinski definition) is 3. The first-order chi connectivity index (χ1) is 16.3. The molecule has 0 atom stereocenters. The van der Waals surface area contributed by atoms with Gasteiger partial charge in [0.2, 0.25) is 15.9 Å². The second-order valence-electron chi connectivity index (χ2n) is 9.83. The normalized spacial score (nSPS) is 11.7. The number of hydrogen-bond acceptors (Lipinski definition) is 5. The Balaban J connectivity index is 0.00000456. The second kappa shape index (κ2) is 10.9. The SMILES string of the molecule is C.CC(C)(C)NS(=O)(=O)c1ccccc1-c1ccc(NC(=O)C(C)(C)Nc2cccc(C#N)c2)cc1. The van der Waals surface area contributed by atoms with E-state index in [9.17, 15) is 13.2 Å². The van der Waals surface area contributed by atoms with Gasteiger partial charge in [-0.25, -0.2) is 13.1 Å². The Labute approximate surface area is 214 Å². The van der Waals surface area contributed by atoms with Gasteiger partial charge in [0.25, 0.3) is 0 Å². The molecule has 0 aromatic heterocycles. The van der Waals surface area contributed by atoms with E-state index in [1.807, 2.05) is 0 Å². The first-order valence-corrected chi connectivity index (χ1v) is 12.6. The highest BCUT2D eigenvalue weighted by molar-refractivity contribution is 7.89. The number of sulfonamides is 1. The highest BCUT2D eigenvalue weighted by atomic mass is 32.2. The zero-order chi connectivity index (χ0) is 25.9. The van der Waals surface area contributed by atoms with Gasteiger partial charge in [0.15, 0.2) is 0 Å². The van der Waals surface area contributed by atoms with Crippen molar-refractivity contribution in [2.75, 3.05) is 10.6 Å². The molecule has 0 saturated carbocycles. The van der Waals surface area contributed by atoms with Gasteiger partial charge in [-0.1, -0.05) is 43.8 Å². The summed E-state index contributed by atoms with van der Waals surface area (Å²) in [5.74, 6) is -0.259. The maximum absolute atomic E-state index is 13.0. The molecule has 3 aromatic carbocycles. The Morgan fingerprint density at radius 3 is 2.11 bits per heavy atom. The fraction of sp³-hybridized carbons (Fsp3) is 0.286. The van der Waals surface area contributed by atoms with Gasteiger partial charge in [-0.05, 0) is 76.6 Å². The van der Waals surface area contributed by atoms with Gasteiger partial charge < -0.3 is 10.6 Å². The molecule has 0 spiro atoms. The molecule has 3 aromatic rings. The largest absolute Gasteiger partial charge is 0.372 e. The number of anilines is 2. The zero-order valence-electron chi connectivity index (χ0n) is 20.5. The van der Waals surface area contributed by atoms with E-state index in [0.29, 0.717) is 28.1 Å². The molecule has 0 fully saturated rings. The van der Waals surface area contributed by atoms with Crippen LogP contribution in [0.3, 0.4) is 0 Å². The van der Waals surface area contributed by atoms with Gasteiger partial charge in [-0.15, -0.1) is 0 Å². The quantitative estimate of drug-likeness (QED) is 0.377. The van der Waals surface area contributed by atoms with E-state index < -0.39 is 21.1 Å². The van der Waals surface area contributed by atoms with Crippen LogP contribution in [-0.4, -0.2) is 25.4 Å². The molecule has 3 N–H and O–H groups in total. The Kier molecular flexibility index (Phi) is 8.68. The van der Waals surface area contributed by atoms with Crippen molar-refractivity contribution in [3.05, 3.63) is 78.4 Å². The molecule has 0 bridgehead atoms. The number of rotatable bonds is 7. The molecule has 0 unspecified atom stereocenters. The van der Waals surface area contributed by atoms with Crippen LogP contribution in [0.5, 0.6) is 0 Å². The molecular formula is C28H34N4O3S. The Morgan fingerprint density at radius 2 is 1.50 bits per heavy atom. The highest BCUT2D eigenvalue weighted by Crippen LogP contribution is 2.29. The minimum Gasteiger partial charge on any atom is -0.372 e. The Bertz CT molecular complexity index is 1370. The van der Waals surface area contributed by atoms with E-state index in [1.54, 1.807) is 107 Å². The fourth-order valence-electron chi connectivity index (χ4n) is 3.50. The molecule has 7 nitrogen and oxygen atoms in total. The van der Waals surface area contributed by atoms with Crippen molar-refractivity contribution < 1.29 is 13.2 Å². The van der Waals surface area contributed by atoms with Crippen LogP contribution in [0.2, 0.25) is 0 Å². The summed E-state index contributed by atoms with van der Waals surface area (Å²) in [6.45, 7) is 8.88. The van der Waals surface area contributed by atoms with Crippen LogP contribution >= 0.6 is 0 Å². The highest BCUT2D eigenvalue weighted by Gasteiger charge is 2.28. The fourth-order valence-corrected chi connectivity index (χ4v) is 5.15. The zero-order valence-corrected chi connectivity index (χ0v) is 21.3. The standard InChI is InChI=1S/C27H30N4O3S.CH4/c1-26(2,3)31-35(33,34)24-12-7-6-11-23(24)20-13-15-21(16-14-20)29-25(32)27(4,5)30-22-10-8-9-19(17-22)18-28;/h6-17,30-31H,1-5H3,(H,29,32);1H4. The third-order valence-corrected chi connectivity index (χ3v) is 6.90. The van der Waals surface area contributed by atoms with Gasteiger partial charge >= 0.3 is 0 Å². The monoisotopic (exact) mass is 506 g/mol. The first kappa shape index (κ1) is 28.6. The summed E-state index contributed by atoms with van der Waals surface area (Å²) in [4.78, 5) is 13.1. The summed E-state index contributed by atoms with van der Waals surface area (Å²) >= 11 is 0. The predicted molar refractivity (Wildman–Crippen MR) is 146 cm³/mol. The molecule has 190 valence electrons. The topological polar surface area (TPSA) is 111 Å². The van der Waals surface area contributed by atoms with Gasteiger partial charge in [0.1, 0.15) is 5.54 Å². The summed E-state index contributed by atoms with van der Waals surface area (Å²) in [5.41, 5.74) is 1.46. The molecule has 36 heavy (non-hydrogen) atoms. The van der Waals surface area contributed by atoms with Gasteiger partial charge in [0.05, 0.1) is 16.5 Å². The van der Waals surface area contributed by atoms with E-state index in [1.165, 1.54) is 0 Å². The van der Waals surface area contributed by atoms with E-state index in [0.717, 1.165) is 0 Å². The van der Waals surface area contributed by atoms with Crippen molar-refractivity contribution in [1.29, 1.82) is 5.26 Å². The van der Waals surface area contributed by atoms with Crippen molar-refractivity contribution >= 4 is 27.3 Å². The lowest BCUT2D eigenvalue weighted by Gasteiger charge is -2.26. The van der Waals surface area contributed by atoms with E-state index in [4.69, 9.17) is 5.26 Å². The average molecular weight is 507 g/mol. The Morgan fingerprint density at radius 1 is 0.861 bits per heavy atom. The lowest BCUT2D eigenvalue weighted by Crippen LogP contribution is -2.44. The number of nitriles is 1. The summed E-state index contributed by atoms with van der Waals surface area (Å²) < 4.78 is 28.6. The first-order valence-electron chi connectivity index (χ1n) is 11.1. The summed E-state index contributed by atoms with van der Waals surface area (Å²) in [5, 5.41) is 15.1. The van der Waals surface area contributed by atoms with Crippen molar-refractivity contribution in [2.45, 2.75) is 58.0 Å². The lowest BCUT2D eigenvalue weighted by atomic mass is 10.0. The number of nitrogens with one attached hydrogen (secondary N) is 3. The van der Waals surface area contributed by atoms with Crippen molar-refractivity contribution in [3.63, 3.8) is 0 Å². The molecule has 0 aliphatic rings. The summed E-state index contributed by atoms with van der Waals surface area (Å²) in [7, 11) is -3.73. The molecular weight excluding hydrogens is 472 g/mol. The van der Waals surface area contributed by atoms with Crippen LogP contribution in [-0.2, 0) is 14.8 Å². The Hall–Kier alpha value is -3.67. The third kappa shape index (κ3) is 7.17. The number of amides is 1. The molecule has 3 rings (SSSR count). The summed E-state index contributed by atoms with van der Waals surface area (Å²) in [6.07, 6.45) is 0. The van der Waals surface area contributed by atoms with E-state index >= 15 is 0 Å². The average Bonchev–Trinajstić information content (AvgIpc) is 2.78. The predicted octanol–water partition coefficient (Wildman–Crippen LogP) is 5.77. The molecule has 0 heterocycles. The maximum atomic E-state index is 13.0. The van der Waals surface area contributed by atoms with Crippen LogP contribution in [0.15, 0.2) is 77.7 Å². The van der Waals surface area contributed by atoms with Gasteiger partial charge in [0, 0.05) is 22.5 Å². The van der Waals surface area contributed by atoms with Gasteiger partial charge in [-0.2, -0.15) is 5.26 Å². The molecule has 0 aliphatic carbocycles. The lowest BCUT2D eigenvalue weighted by molar-refractivity contribution is -0.119. The molecule has 8 heteroatoms. The molecule has 0 radical (unpaired) electrons. The van der Waals surface area contributed by atoms with Crippen LogP contribution in [0.4, 0.5) is 11.4 Å². The van der Waals surface area contributed by atoms with E-state index in [2.05, 4.69) is 21.4 Å². The van der Waals surface area contributed by atoms with Crippen LogP contribution in [0, 0.1) is 11.3 Å². The molecule has 0 saturated heterocycles. The van der Waals surface area contributed by atoms with Crippen molar-refractivity contribution in [1.82, 2.24) is 4.72 Å². The second-order valence-corrected chi connectivity index (χ2v) is 11.5. The summed E-state index contributed by atoms with van der Waals surface area (Å²) in [6, 6.07) is 22.9. The van der Waals surface area contributed by atoms with Crippen molar-refractivity contribution in [3.8, 4) is 17.2 Å².